The average molecular weight is 496 g/mol. The first-order valence-electron chi connectivity index (χ1n) is 7.55. The van der Waals surface area contributed by atoms with Crippen molar-refractivity contribution in [1.82, 2.24) is 9.55 Å². The molecule has 2 rings (SSSR count). The molecule has 1 fully saturated rings. The van der Waals surface area contributed by atoms with Gasteiger partial charge >= 0.3 is 29.2 Å². The first-order valence-corrected chi connectivity index (χ1v) is 12.1. The number of hydrogen-bond acceptors (Lipinski definition) is 11. The average Bonchev–Trinajstić information content (AvgIpc) is 2.90. The highest BCUT2D eigenvalue weighted by Gasteiger charge is 2.43. The first-order chi connectivity index (χ1) is 13.6. The Morgan fingerprint density at radius 3 is 2.37 bits per heavy atom. The van der Waals surface area contributed by atoms with E-state index in [0.29, 0.717) is 0 Å². The molecule has 0 amide bonds. The number of carbonyl (C=O) groups is 1. The van der Waals surface area contributed by atoms with E-state index in [1.54, 1.807) is 0 Å². The molecular formula is C10H15N2O15P3. The molecule has 0 bridgehead atoms. The normalized spacial score (nSPS) is 26.1. The number of nitrogens with one attached hydrogen (secondary N) is 1. The highest BCUT2D eigenvalue weighted by Crippen LogP contribution is 2.66. The largest absolute Gasteiger partial charge is 0.490 e. The molecule has 1 aliphatic heterocycles. The number of aldehydes is 1. The Hall–Kier alpha value is -1.32. The SMILES string of the molecule is O=Cc1cn([C@H]2C[C@H](O)[C@@H](COP(=O)(O)OP(=O)(O)OP(=O)(O)O)O2)c(=O)[nH]c1=O. The third kappa shape index (κ3) is 6.85. The number of aliphatic hydroxyl groups is 1. The first kappa shape index (κ1) is 24.9. The van der Waals surface area contributed by atoms with Gasteiger partial charge in [-0.1, -0.05) is 0 Å². The summed E-state index contributed by atoms with van der Waals surface area (Å²) in [7, 11) is -16.7. The van der Waals surface area contributed by atoms with Gasteiger partial charge in [-0.3, -0.25) is 23.7 Å². The molecule has 5 atom stereocenters. The van der Waals surface area contributed by atoms with Gasteiger partial charge in [0.05, 0.1) is 18.3 Å². The Morgan fingerprint density at radius 2 is 1.80 bits per heavy atom. The van der Waals surface area contributed by atoms with E-state index in [-0.39, 0.29) is 12.7 Å². The maximum Gasteiger partial charge on any atom is 0.490 e. The molecule has 1 saturated heterocycles. The maximum atomic E-state index is 11.9. The van der Waals surface area contributed by atoms with E-state index in [1.807, 2.05) is 4.98 Å². The molecule has 6 N–H and O–H groups in total. The summed E-state index contributed by atoms with van der Waals surface area (Å²) >= 11 is 0. The van der Waals surface area contributed by atoms with Crippen molar-refractivity contribution in [1.29, 1.82) is 0 Å². The number of ether oxygens (including phenoxy) is 1. The lowest BCUT2D eigenvalue weighted by atomic mass is 10.2. The maximum absolute atomic E-state index is 11.9. The van der Waals surface area contributed by atoms with Gasteiger partial charge in [0.25, 0.3) is 5.56 Å². The fraction of sp³-hybridized carbons (Fsp3) is 0.500. The second-order valence-corrected chi connectivity index (χ2v) is 10.1. The van der Waals surface area contributed by atoms with Crippen LogP contribution in [0.5, 0.6) is 0 Å². The summed E-state index contributed by atoms with van der Waals surface area (Å²) in [6, 6.07) is 0. The van der Waals surface area contributed by atoms with Crippen LogP contribution in [-0.4, -0.2) is 59.3 Å². The van der Waals surface area contributed by atoms with E-state index < -0.39 is 65.3 Å². The fourth-order valence-corrected chi connectivity index (χ4v) is 5.34. The number of phosphoric acid groups is 3. The number of H-pyrrole nitrogens is 1. The van der Waals surface area contributed by atoms with E-state index in [0.717, 1.165) is 10.8 Å². The zero-order valence-corrected chi connectivity index (χ0v) is 17.1. The Balaban J connectivity index is 2.05. The fourth-order valence-electron chi connectivity index (χ4n) is 2.31. The number of hydrogen-bond donors (Lipinski definition) is 6. The quantitative estimate of drug-likeness (QED) is 0.165. The lowest BCUT2D eigenvalue weighted by molar-refractivity contribution is -0.0450. The van der Waals surface area contributed by atoms with Crippen LogP contribution in [0.25, 0.3) is 0 Å². The van der Waals surface area contributed by atoms with Crippen LogP contribution in [0.15, 0.2) is 15.8 Å². The molecule has 17 nitrogen and oxygen atoms in total. The Kier molecular flexibility index (Phi) is 7.52. The summed E-state index contributed by atoms with van der Waals surface area (Å²) in [5, 5.41) is 9.97. The van der Waals surface area contributed by atoms with Gasteiger partial charge in [0.1, 0.15) is 12.3 Å². The van der Waals surface area contributed by atoms with Gasteiger partial charge in [0, 0.05) is 12.6 Å². The molecule has 0 aliphatic carbocycles. The monoisotopic (exact) mass is 496 g/mol. The van der Waals surface area contributed by atoms with Crippen LogP contribution < -0.4 is 11.2 Å². The van der Waals surface area contributed by atoms with E-state index in [1.165, 1.54) is 0 Å². The van der Waals surface area contributed by atoms with Gasteiger partial charge in [-0.15, -0.1) is 0 Å². The van der Waals surface area contributed by atoms with Gasteiger partial charge < -0.3 is 29.4 Å². The Morgan fingerprint density at radius 1 is 1.17 bits per heavy atom. The lowest BCUT2D eigenvalue weighted by Gasteiger charge is -2.19. The molecular weight excluding hydrogens is 481 g/mol. The summed E-state index contributed by atoms with van der Waals surface area (Å²) in [4.78, 5) is 71.3. The molecule has 0 radical (unpaired) electrons. The highest BCUT2D eigenvalue weighted by atomic mass is 31.3. The van der Waals surface area contributed by atoms with E-state index >= 15 is 0 Å². The Bertz CT molecular complexity index is 1060. The third-order valence-corrected chi connectivity index (χ3v) is 7.26. The standard InChI is InChI=1S/C10H15N2O15P3/c13-3-5-2-12(10(16)11-9(5)15)8-1-6(14)7(25-8)4-24-29(20,21)27-30(22,23)26-28(17,18)19/h2-3,6-8,14H,1,4H2,(H,20,21)(H,22,23)(H,11,15,16)(H2,17,18,19)/t6-,7+,8+/m0/s1. The van der Waals surface area contributed by atoms with Gasteiger partial charge in [-0.2, -0.15) is 8.62 Å². The minimum atomic E-state index is -5.71. The molecule has 2 heterocycles. The predicted octanol–water partition coefficient (Wildman–Crippen LogP) is -1.66. The number of aromatic amines is 1. The topological polar surface area (TPSA) is 261 Å². The van der Waals surface area contributed by atoms with Crippen LogP contribution in [0.4, 0.5) is 0 Å². The van der Waals surface area contributed by atoms with Crippen molar-refractivity contribution in [3.63, 3.8) is 0 Å². The number of aliphatic hydroxyl groups excluding tert-OH is 1. The Labute approximate surface area is 165 Å². The molecule has 1 aromatic heterocycles. The van der Waals surface area contributed by atoms with Crippen molar-refractivity contribution in [2.24, 2.45) is 0 Å². The van der Waals surface area contributed by atoms with Crippen molar-refractivity contribution >= 4 is 29.8 Å². The molecule has 1 aliphatic rings. The number of rotatable bonds is 9. The lowest BCUT2D eigenvalue weighted by Crippen LogP contribution is -2.34. The van der Waals surface area contributed by atoms with E-state index in [4.69, 9.17) is 19.4 Å². The summed E-state index contributed by atoms with van der Waals surface area (Å²) in [6.45, 7) is -0.944. The van der Waals surface area contributed by atoms with Gasteiger partial charge in [-0.25, -0.2) is 18.5 Å². The van der Waals surface area contributed by atoms with Crippen LogP contribution in [0.1, 0.15) is 23.0 Å². The molecule has 0 spiro atoms. The number of aromatic nitrogens is 2. The van der Waals surface area contributed by atoms with Gasteiger partial charge in [0.15, 0.2) is 6.29 Å². The number of phosphoric ester groups is 1. The van der Waals surface area contributed by atoms with Gasteiger partial charge in [0.2, 0.25) is 0 Å². The smallest absolute Gasteiger partial charge is 0.390 e. The van der Waals surface area contributed by atoms with Crippen LogP contribution in [-0.2, 0) is 31.6 Å². The summed E-state index contributed by atoms with van der Waals surface area (Å²) in [5.41, 5.74) is -2.34. The molecule has 1 aromatic rings. The molecule has 2 unspecified atom stereocenters. The van der Waals surface area contributed by atoms with Crippen molar-refractivity contribution in [3.8, 4) is 0 Å². The predicted molar refractivity (Wildman–Crippen MR) is 91.1 cm³/mol. The van der Waals surface area contributed by atoms with Crippen LogP contribution in [0, 0.1) is 0 Å². The molecule has 0 saturated carbocycles. The summed E-state index contributed by atoms with van der Waals surface area (Å²) in [5.74, 6) is 0. The van der Waals surface area contributed by atoms with Crippen molar-refractivity contribution in [2.75, 3.05) is 6.61 Å². The van der Waals surface area contributed by atoms with Crippen molar-refractivity contribution < 1.29 is 61.1 Å². The molecule has 170 valence electrons. The second-order valence-electron chi connectivity index (χ2n) is 5.69. The number of nitrogens with zero attached hydrogens (tertiary/aromatic N) is 1. The van der Waals surface area contributed by atoms with Crippen molar-refractivity contribution in [2.45, 2.75) is 24.9 Å². The zero-order valence-electron chi connectivity index (χ0n) is 14.4. The van der Waals surface area contributed by atoms with Crippen molar-refractivity contribution in [3.05, 3.63) is 32.6 Å². The van der Waals surface area contributed by atoms with E-state index in [9.17, 15) is 38.1 Å². The van der Waals surface area contributed by atoms with Crippen LogP contribution in [0.3, 0.4) is 0 Å². The second kappa shape index (κ2) is 9.04. The minimum absolute atomic E-state index is 0.174. The molecule has 30 heavy (non-hydrogen) atoms. The highest BCUT2D eigenvalue weighted by molar-refractivity contribution is 7.66. The summed E-state index contributed by atoms with van der Waals surface area (Å²) < 4.78 is 50.9. The minimum Gasteiger partial charge on any atom is -0.390 e. The van der Waals surface area contributed by atoms with Crippen LogP contribution in [0.2, 0.25) is 0 Å². The zero-order chi connectivity index (χ0) is 22.9. The van der Waals surface area contributed by atoms with Crippen LogP contribution >= 0.6 is 23.5 Å². The molecule has 0 aromatic carbocycles. The molecule has 20 heteroatoms. The van der Waals surface area contributed by atoms with Gasteiger partial charge in [-0.05, 0) is 0 Å². The van der Waals surface area contributed by atoms with E-state index in [2.05, 4.69) is 13.1 Å². The number of carbonyl (C=O) groups excluding carboxylic acids is 1. The summed E-state index contributed by atoms with van der Waals surface area (Å²) in [6.07, 6.45) is -3.26. The third-order valence-electron chi connectivity index (χ3n) is 3.45.